The highest BCUT2D eigenvalue weighted by atomic mass is 32.2. The van der Waals surface area contributed by atoms with Crippen LogP contribution in [-0.2, 0) is 21.4 Å². The number of halogens is 1. The molecule has 0 bridgehead atoms. The zero-order chi connectivity index (χ0) is 20.3. The second-order valence-corrected chi connectivity index (χ2v) is 8.44. The Kier molecular flexibility index (Phi) is 5.65. The van der Waals surface area contributed by atoms with Gasteiger partial charge in [-0.2, -0.15) is 0 Å². The van der Waals surface area contributed by atoms with E-state index in [0.29, 0.717) is 0 Å². The number of para-hydroxylation sites is 1. The van der Waals surface area contributed by atoms with Crippen molar-refractivity contribution in [2.45, 2.75) is 19.5 Å². The topological polar surface area (TPSA) is 66.5 Å². The lowest BCUT2D eigenvalue weighted by Gasteiger charge is -2.28. The van der Waals surface area contributed by atoms with E-state index in [-0.39, 0.29) is 12.2 Å². The van der Waals surface area contributed by atoms with Crippen LogP contribution in [0.15, 0.2) is 66.7 Å². The lowest BCUT2D eigenvalue weighted by atomic mass is 10.1. The fourth-order valence-electron chi connectivity index (χ4n) is 3.10. The van der Waals surface area contributed by atoms with Gasteiger partial charge in [0, 0.05) is 6.54 Å². The molecule has 0 spiro atoms. The standard InChI is InChI=1S/C21H21FN2O3S/c1-15(24(28(2,26)27)20-10-6-5-9-19(20)22)21(25)23-14-16-11-12-17-7-3-4-8-18(17)13-16/h3-13,15H,14H2,1-2H3,(H,23,25)/t15-/m1/s1. The van der Waals surface area contributed by atoms with Gasteiger partial charge in [0.2, 0.25) is 15.9 Å². The van der Waals surface area contributed by atoms with Crippen LogP contribution in [0.1, 0.15) is 12.5 Å². The third-order valence-corrected chi connectivity index (χ3v) is 5.69. The van der Waals surface area contributed by atoms with Crippen LogP contribution in [0.3, 0.4) is 0 Å². The highest BCUT2D eigenvalue weighted by molar-refractivity contribution is 7.92. The maximum Gasteiger partial charge on any atom is 0.243 e. The molecule has 0 aliphatic carbocycles. The molecule has 0 radical (unpaired) electrons. The summed E-state index contributed by atoms with van der Waals surface area (Å²) in [4.78, 5) is 12.6. The van der Waals surface area contributed by atoms with E-state index in [1.165, 1.54) is 25.1 Å². The average Bonchev–Trinajstić information content (AvgIpc) is 2.66. The molecule has 0 heterocycles. The molecule has 0 unspecified atom stereocenters. The number of nitrogens with one attached hydrogen (secondary N) is 1. The number of anilines is 1. The molecule has 0 aliphatic rings. The molecule has 1 atom stereocenters. The van der Waals surface area contributed by atoms with Crippen molar-refractivity contribution >= 4 is 32.4 Å². The number of carbonyl (C=O) groups excluding carboxylic acids is 1. The molecule has 146 valence electrons. The fraction of sp³-hybridized carbons (Fsp3) is 0.190. The Balaban J connectivity index is 1.78. The first-order chi connectivity index (χ1) is 13.3. The summed E-state index contributed by atoms with van der Waals surface area (Å²) in [5.41, 5.74) is 0.731. The van der Waals surface area contributed by atoms with Gasteiger partial charge >= 0.3 is 0 Å². The predicted molar refractivity (Wildman–Crippen MR) is 109 cm³/mol. The van der Waals surface area contributed by atoms with Crippen molar-refractivity contribution in [3.05, 3.63) is 78.1 Å². The van der Waals surface area contributed by atoms with Crippen LogP contribution in [0.5, 0.6) is 0 Å². The number of nitrogens with zero attached hydrogens (tertiary/aromatic N) is 1. The Morgan fingerprint density at radius 3 is 2.36 bits per heavy atom. The van der Waals surface area contributed by atoms with Gasteiger partial charge in [0.15, 0.2) is 0 Å². The van der Waals surface area contributed by atoms with Gasteiger partial charge in [-0.1, -0.05) is 48.5 Å². The summed E-state index contributed by atoms with van der Waals surface area (Å²) in [6.07, 6.45) is 0.951. The van der Waals surface area contributed by atoms with Gasteiger partial charge in [0.05, 0.1) is 11.9 Å². The number of carbonyl (C=O) groups is 1. The minimum absolute atomic E-state index is 0.154. The quantitative estimate of drug-likeness (QED) is 0.689. The molecule has 3 aromatic rings. The van der Waals surface area contributed by atoms with E-state index in [2.05, 4.69) is 5.32 Å². The van der Waals surface area contributed by atoms with E-state index < -0.39 is 27.8 Å². The summed E-state index contributed by atoms with van der Waals surface area (Å²) < 4.78 is 39.4. The zero-order valence-corrected chi connectivity index (χ0v) is 16.4. The van der Waals surface area contributed by atoms with E-state index >= 15 is 0 Å². The molecule has 1 amide bonds. The van der Waals surface area contributed by atoms with Gasteiger partial charge in [0.25, 0.3) is 0 Å². The molecule has 7 heteroatoms. The van der Waals surface area contributed by atoms with E-state index in [0.717, 1.165) is 33.0 Å². The van der Waals surface area contributed by atoms with Gasteiger partial charge in [-0.05, 0) is 41.5 Å². The first kappa shape index (κ1) is 19.8. The summed E-state index contributed by atoms with van der Waals surface area (Å²) in [6.45, 7) is 1.67. The number of hydrogen-bond donors (Lipinski definition) is 1. The summed E-state index contributed by atoms with van der Waals surface area (Å²) in [5, 5.41) is 4.88. The first-order valence-electron chi connectivity index (χ1n) is 8.76. The fourth-order valence-corrected chi connectivity index (χ4v) is 4.27. The summed E-state index contributed by atoms with van der Waals surface area (Å²) in [7, 11) is -3.86. The molecular weight excluding hydrogens is 379 g/mol. The van der Waals surface area contributed by atoms with E-state index in [9.17, 15) is 17.6 Å². The number of benzene rings is 3. The maximum absolute atomic E-state index is 14.2. The predicted octanol–water partition coefficient (Wildman–Crippen LogP) is 3.45. The molecule has 28 heavy (non-hydrogen) atoms. The Morgan fingerprint density at radius 2 is 1.68 bits per heavy atom. The molecule has 5 nitrogen and oxygen atoms in total. The van der Waals surface area contributed by atoms with Crippen LogP contribution in [-0.4, -0.2) is 26.6 Å². The second kappa shape index (κ2) is 7.98. The van der Waals surface area contributed by atoms with Crippen LogP contribution in [0.4, 0.5) is 10.1 Å². The maximum atomic E-state index is 14.2. The minimum atomic E-state index is -3.86. The lowest BCUT2D eigenvalue weighted by molar-refractivity contribution is -0.122. The van der Waals surface area contributed by atoms with Crippen molar-refractivity contribution in [1.82, 2.24) is 5.32 Å². The Bertz CT molecular complexity index is 1120. The summed E-state index contributed by atoms with van der Waals surface area (Å²) >= 11 is 0. The van der Waals surface area contributed by atoms with E-state index in [4.69, 9.17) is 0 Å². The highest BCUT2D eigenvalue weighted by Crippen LogP contribution is 2.24. The van der Waals surface area contributed by atoms with Gasteiger partial charge in [-0.15, -0.1) is 0 Å². The number of hydrogen-bond acceptors (Lipinski definition) is 3. The van der Waals surface area contributed by atoms with E-state index in [1.807, 2.05) is 42.5 Å². The van der Waals surface area contributed by atoms with E-state index in [1.54, 1.807) is 0 Å². The Labute approximate surface area is 163 Å². The third kappa shape index (κ3) is 4.31. The van der Waals surface area contributed by atoms with Gasteiger partial charge in [-0.25, -0.2) is 12.8 Å². The molecule has 0 aliphatic heterocycles. The Morgan fingerprint density at radius 1 is 1.04 bits per heavy atom. The molecule has 0 aromatic heterocycles. The lowest BCUT2D eigenvalue weighted by Crippen LogP contribution is -2.48. The van der Waals surface area contributed by atoms with Crippen molar-refractivity contribution < 1.29 is 17.6 Å². The number of rotatable bonds is 6. The summed E-state index contributed by atoms with van der Waals surface area (Å²) in [6, 6.07) is 18.1. The van der Waals surface area contributed by atoms with Crippen molar-refractivity contribution in [3.63, 3.8) is 0 Å². The zero-order valence-electron chi connectivity index (χ0n) is 15.6. The van der Waals surface area contributed by atoms with Crippen molar-refractivity contribution in [1.29, 1.82) is 0 Å². The molecule has 1 N–H and O–H groups in total. The summed E-state index contributed by atoms with van der Waals surface area (Å²) in [5.74, 6) is -1.22. The van der Waals surface area contributed by atoms with Crippen molar-refractivity contribution in [2.24, 2.45) is 0 Å². The largest absolute Gasteiger partial charge is 0.350 e. The van der Waals surface area contributed by atoms with Gasteiger partial charge in [0.1, 0.15) is 11.9 Å². The molecule has 0 fully saturated rings. The average molecular weight is 400 g/mol. The number of amides is 1. The normalized spacial score (nSPS) is 12.5. The van der Waals surface area contributed by atoms with Gasteiger partial charge < -0.3 is 5.32 Å². The van der Waals surface area contributed by atoms with Crippen LogP contribution in [0.2, 0.25) is 0 Å². The molecule has 3 aromatic carbocycles. The number of sulfonamides is 1. The van der Waals surface area contributed by atoms with Crippen LogP contribution in [0.25, 0.3) is 10.8 Å². The molecule has 3 rings (SSSR count). The molecular formula is C21H21FN2O3S. The smallest absolute Gasteiger partial charge is 0.243 e. The minimum Gasteiger partial charge on any atom is -0.350 e. The molecule has 0 saturated carbocycles. The molecule has 0 saturated heterocycles. The monoisotopic (exact) mass is 400 g/mol. The first-order valence-corrected chi connectivity index (χ1v) is 10.6. The Hall–Kier alpha value is -2.93. The van der Waals surface area contributed by atoms with Gasteiger partial charge in [-0.3, -0.25) is 9.10 Å². The SMILES string of the molecule is C[C@H](C(=O)NCc1ccc2ccccc2c1)N(c1ccccc1F)S(C)(=O)=O. The van der Waals surface area contributed by atoms with Crippen LogP contribution in [0, 0.1) is 5.82 Å². The van der Waals surface area contributed by atoms with Crippen LogP contribution >= 0.6 is 0 Å². The second-order valence-electron chi connectivity index (χ2n) is 6.59. The van der Waals surface area contributed by atoms with Crippen molar-refractivity contribution in [3.8, 4) is 0 Å². The van der Waals surface area contributed by atoms with Crippen molar-refractivity contribution in [2.75, 3.05) is 10.6 Å². The number of fused-ring (bicyclic) bond motifs is 1. The highest BCUT2D eigenvalue weighted by Gasteiger charge is 2.30. The van der Waals surface area contributed by atoms with Crippen LogP contribution < -0.4 is 9.62 Å². The third-order valence-electron chi connectivity index (χ3n) is 4.46.